The van der Waals surface area contributed by atoms with Crippen molar-refractivity contribution in [1.82, 2.24) is 15.3 Å². The van der Waals surface area contributed by atoms with Crippen molar-refractivity contribution in [3.63, 3.8) is 0 Å². The molecule has 61 heavy (non-hydrogen) atoms. The SMILES string of the molecule is CN(C(=O)[C@@]12C[C@H]3OC(=O)[C@@H]1N(Cc1ccc(C=CC(=O)O[C@H]4C(=O)OCC4(C)C)cc1)O[C@@H]2[C@H]1OC2(Cc4ccccc4C2)O[C@H]13)[C@H](Cc1ccccc1)C(=O)NCCO. The Hall–Kier alpha value is -5.45. The number of likely N-dealkylation sites (N-methyl/N-ethyl adjacent to an activating group) is 1. The standard InChI is InChI=1S/C46H49N3O12/c1-44(2)26-56-42(54)39(44)58-34(51)18-17-27-13-15-29(16-14-27)25-49-37-41(53)57-33-24-46(37,43(55)48(3)32(40(52)47-19-20-50)21-28-9-5-4-6-10-28)38(61-49)36-35(33)59-45(60-36)22-30-11-7-8-12-31(30)23-45/h4-18,32-33,35-39,50H,19-26H2,1-3H3,(H,47,52)/t32-,33-,35+,36+,37+,38-,39+,46+/m1/s1. The number of ether oxygens (including phenoxy) is 5. The molecule has 8 atom stereocenters. The van der Waals surface area contributed by atoms with E-state index in [9.17, 15) is 24.3 Å². The van der Waals surface area contributed by atoms with Crippen LogP contribution in [0.5, 0.6) is 0 Å². The van der Waals surface area contributed by atoms with E-state index in [0.29, 0.717) is 18.4 Å². The Morgan fingerprint density at radius 1 is 0.934 bits per heavy atom. The maximum atomic E-state index is 15.5. The second-order valence-electron chi connectivity index (χ2n) is 17.5. The Balaban J connectivity index is 1.01. The van der Waals surface area contributed by atoms with Gasteiger partial charge in [-0.15, -0.1) is 0 Å². The molecule has 9 rings (SSSR count). The van der Waals surface area contributed by atoms with Crippen molar-refractivity contribution in [2.75, 3.05) is 26.8 Å². The molecule has 2 bridgehead atoms. The van der Waals surface area contributed by atoms with Crippen molar-refractivity contribution in [3.8, 4) is 0 Å². The first kappa shape index (κ1) is 40.9. The predicted molar refractivity (Wildman–Crippen MR) is 214 cm³/mol. The second kappa shape index (κ2) is 15.8. The van der Waals surface area contributed by atoms with E-state index in [1.165, 1.54) is 16.0 Å². The maximum Gasteiger partial charge on any atom is 0.348 e. The molecule has 1 spiro atoms. The van der Waals surface area contributed by atoms with E-state index >= 15 is 4.79 Å². The third-order valence-corrected chi connectivity index (χ3v) is 12.9. The highest BCUT2D eigenvalue weighted by Gasteiger charge is 2.77. The minimum absolute atomic E-state index is 0.00114. The molecule has 5 fully saturated rings. The first-order chi connectivity index (χ1) is 29.3. The number of hydrogen-bond acceptors (Lipinski definition) is 13. The number of esters is 3. The van der Waals surface area contributed by atoms with Crippen LogP contribution in [0.25, 0.3) is 6.08 Å². The van der Waals surface area contributed by atoms with Crippen LogP contribution in [0.15, 0.2) is 84.9 Å². The van der Waals surface area contributed by atoms with Gasteiger partial charge in [0.1, 0.15) is 42.5 Å². The van der Waals surface area contributed by atoms with Gasteiger partial charge in [0.05, 0.1) is 13.2 Å². The van der Waals surface area contributed by atoms with Gasteiger partial charge in [0.25, 0.3) is 0 Å². The van der Waals surface area contributed by atoms with Crippen LogP contribution in [-0.2, 0) is 78.3 Å². The molecule has 320 valence electrons. The van der Waals surface area contributed by atoms with Gasteiger partial charge in [-0.2, -0.15) is 5.06 Å². The number of benzene rings is 3. The lowest BCUT2D eigenvalue weighted by atomic mass is 9.62. The van der Waals surface area contributed by atoms with Crippen molar-refractivity contribution < 1.29 is 57.6 Å². The highest BCUT2D eigenvalue weighted by molar-refractivity contribution is 5.96. The first-order valence-corrected chi connectivity index (χ1v) is 20.7. The van der Waals surface area contributed by atoms with Crippen LogP contribution in [0.1, 0.15) is 48.1 Å². The number of nitrogens with one attached hydrogen (secondary N) is 1. The van der Waals surface area contributed by atoms with Gasteiger partial charge in [-0.25, -0.2) is 9.59 Å². The van der Waals surface area contributed by atoms with Crippen LogP contribution < -0.4 is 5.32 Å². The van der Waals surface area contributed by atoms with Gasteiger partial charge in [-0.05, 0) is 33.9 Å². The average Bonchev–Trinajstić information content (AvgIpc) is 3.99. The van der Waals surface area contributed by atoms with Crippen LogP contribution in [0.3, 0.4) is 0 Å². The largest absolute Gasteiger partial charge is 0.462 e. The Kier molecular flexibility index (Phi) is 10.6. The number of aliphatic hydroxyl groups excluding tert-OH is 1. The van der Waals surface area contributed by atoms with Gasteiger partial charge in [-0.1, -0.05) is 92.7 Å². The summed E-state index contributed by atoms with van der Waals surface area (Å²) in [4.78, 5) is 76.6. The van der Waals surface area contributed by atoms with Crippen LogP contribution in [-0.4, -0.2) is 120 Å². The van der Waals surface area contributed by atoms with Crippen LogP contribution in [0.4, 0.5) is 0 Å². The fraction of sp³-hybridized carbons (Fsp3) is 0.457. The molecular weight excluding hydrogens is 787 g/mol. The van der Waals surface area contributed by atoms with Gasteiger partial charge >= 0.3 is 17.9 Å². The van der Waals surface area contributed by atoms with Crippen molar-refractivity contribution in [3.05, 3.63) is 113 Å². The molecule has 4 saturated heterocycles. The molecule has 15 heteroatoms. The summed E-state index contributed by atoms with van der Waals surface area (Å²) >= 11 is 0. The van der Waals surface area contributed by atoms with E-state index in [2.05, 4.69) is 5.32 Å². The Bertz CT molecular complexity index is 2220. The number of hydrogen-bond donors (Lipinski definition) is 2. The molecule has 0 radical (unpaired) electrons. The van der Waals surface area contributed by atoms with Crippen molar-refractivity contribution in [2.45, 2.75) is 94.5 Å². The Morgan fingerprint density at radius 2 is 1.62 bits per heavy atom. The molecule has 6 aliphatic rings. The van der Waals surface area contributed by atoms with E-state index in [-0.39, 0.29) is 39.1 Å². The summed E-state index contributed by atoms with van der Waals surface area (Å²) in [6.45, 7) is 3.54. The molecule has 2 N–H and O–H groups in total. The molecule has 2 aliphatic carbocycles. The molecule has 4 aliphatic heterocycles. The highest BCUT2D eigenvalue weighted by atomic mass is 16.8. The average molecular weight is 836 g/mol. The number of aliphatic hydroxyl groups is 1. The number of hydroxylamine groups is 2. The first-order valence-electron chi connectivity index (χ1n) is 20.7. The smallest absolute Gasteiger partial charge is 0.348 e. The molecule has 2 amide bonds. The summed E-state index contributed by atoms with van der Waals surface area (Å²) in [7, 11) is 1.57. The molecule has 4 heterocycles. The van der Waals surface area contributed by atoms with Crippen LogP contribution in [0, 0.1) is 10.8 Å². The minimum Gasteiger partial charge on any atom is -0.462 e. The van der Waals surface area contributed by atoms with Gasteiger partial charge in [0.15, 0.2) is 11.8 Å². The molecule has 3 aromatic carbocycles. The van der Waals surface area contributed by atoms with E-state index in [0.717, 1.165) is 22.3 Å². The number of cyclic esters (lactones) is 1. The summed E-state index contributed by atoms with van der Waals surface area (Å²) in [5.41, 5.74) is 2.23. The Morgan fingerprint density at radius 3 is 2.30 bits per heavy atom. The predicted octanol–water partition coefficient (Wildman–Crippen LogP) is 2.45. The lowest BCUT2D eigenvalue weighted by molar-refractivity contribution is -0.218. The summed E-state index contributed by atoms with van der Waals surface area (Å²) in [6.07, 6.45) is -0.300. The zero-order valence-corrected chi connectivity index (χ0v) is 34.2. The van der Waals surface area contributed by atoms with Crippen molar-refractivity contribution in [2.24, 2.45) is 10.8 Å². The number of carbonyl (C=O) groups excluding carboxylic acids is 5. The van der Waals surface area contributed by atoms with E-state index in [1.54, 1.807) is 39.1 Å². The summed E-state index contributed by atoms with van der Waals surface area (Å²) in [5.74, 6) is -3.86. The maximum absolute atomic E-state index is 15.5. The van der Waals surface area contributed by atoms with Gasteiger partial charge in [0.2, 0.25) is 17.9 Å². The third kappa shape index (κ3) is 7.31. The van der Waals surface area contributed by atoms with Crippen molar-refractivity contribution in [1.29, 1.82) is 0 Å². The number of carbonyl (C=O) groups is 5. The van der Waals surface area contributed by atoms with E-state index in [1.807, 2.05) is 66.7 Å². The lowest BCUT2D eigenvalue weighted by Crippen LogP contribution is -2.70. The molecule has 0 unspecified atom stereocenters. The second-order valence-corrected chi connectivity index (χ2v) is 17.5. The number of fused-ring (bicyclic) bond motifs is 5. The number of amides is 2. The minimum atomic E-state index is -1.54. The molecule has 3 aromatic rings. The van der Waals surface area contributed by atoms with E-state index < -0.39 is 88.9 Å². The van der Waals surface area contributed by atoms with Gasteiger partial charge in [0, 0.05) is 50.8 Å². The molecule has 1 saturated carbocycles. The third-order valence-electron chi connectivity index (χ3n) is 12.9. The molecule has 0 aromatic heterocycles. The summed E-state index contributed by atoms with van der Waals surface area (Å²) in [6, 6.07) is 22.3. The molecular formula is C46H49N3O12. The number of rotatable bonds is 12. The fourth-order valence-corrected chi connectivity index (χ4v) is 9.92. The van der Waals surface area contributed by atoms with Crippen molar-refractivity contribution >= 4 is 35.8 Å². The van der Waals surface area contributed by atoms with Crippen LogP contribution in [0.2, 0.25) is 0 Å². The lowest BCUT2D eigenvalue weighted by Gasteiger charge is -2.50. The van der Waals surface area contributed by atoms with Gasteiger partial charge in [-0.3, -0.25) is 19.2 Å². The zero-order chi connectivity index (χ0) is 42.7. The fourth-order valence-electron chi connectivity index (χ4n) is 9.92. The highest BCUT2D eigenvalue weighted by Crippen LogP contribution is 2.59. The summed E-state index contributed by atoms with van der Waals surface area (Å²) < 4.78 is 30.3. The normalized spacial score (nSPS) is 29.4. The number of nitrogens with zero attached hydrogens (tertiary/aromatic N) is 2. The van der Waals surface area contributed by atoms with Gasteiger partial charge < -0.3 is 39.0 Å². The molecule has 15 nitrogen and oxygen atoms in total. The van der Waals surface area contributed by atoms with E-state index in [4.69, 9.17) is 28.5 Å². The quantitative estimate of drug-likeness (QED) is 0.155. The van der Waals surface area contributed by atoms with Crippen LogP contribution >= 0.6 is 0 Å². The topological polar surface area (TPSA) is 179 Å². The zero-order valence-electron chi connectivity index (χ0n) is 34.2. The summed E-state index contributed by atoms with van der Waals surface area (Å²) in [5, 5.41) is 13.8. The monoisotopic (exact) mass is 835 g/mol. The Labute approximate surface area is 352 Å².